The van der Waals surface area contributed by atoms with Crippen molar-refractivity contribution in [2.75, 3.05) is 5.32 Å². The fourth-order valence-corrected chi connectivity index (χ4v) is 2.06. The molecule has 24 heavy (non-hydrogen) atoms. The molecule has 122 valence electrons. The molecule has 2 rings (SSSR count). The van der Waals surface area contributed by atoms with E-state index in [1.54, 1.807) is 30.3 Å². The summed E-state index contributed by atoms with van der Waals surface area (Å²) in [6.07, 6.45) is 1.18. The fraction of sp³-hybridized carbons (Fsp3) is 0.0588. The molecule has 0 radical (unpaired) electrons. The van der Waals surface area contributed by atoms with Gasteiger partial charge >= 0.3 is 6.61 Å². The SMILES string of the molecule is N#C/C(=C/c1ccccc1OC(F)F)C(=O)Nc1cccc(Cl)c1. The summed E-state index contributed by atoms with van der Waals surface area (Å²) in [6.45, 7) is -3.01. The highest BCUT2D eigenvalue weighted by Crippen LogP contribution is 2.23. The maximum absolute atomic E-state index is 12.4. The van der Waals surface area contributed by atoms with Gasteiger partial charge in [-0.05, 0) is 30.3 Å². The van der Waals surface area contributed by atoms with Gasteiger partial charge in [-0.25, -0.2) is 0 Å². The number of carbonyl (C=O) groups is 1. The van der Waals surface area contributed by atoms with Crippen molar-refractivity contribution < 1.29 is 18.3 Å². The Hall–Kier alpha value is -2.91. The fourth-order valence-electron chi connectivity index (χ4n) is 1.87. The molecule has 0 bridgehead atoms. The van der Waals surface area contributed by atoms with Crippen molar-refractivity contribution in [1.29, 1.82) is 5.26 Å². The molecule has 4 nitrogen and oxygen atoms in total. The van der Waals surface area contributed by atoms with Gasteiger partial charge in [0, 0.05) is 16.3 Å². The van der Waals surface area contributed by atoms with Crippen LogP contribution in [0.1, 0.15) is 5.56 Å². The normalized spacial score (nSPS) is 11.0. The van der Waals surface area contributed by atoms with Gasteiger partial charge in [0.2, 0.25) is 0 Å². The quantitative estimate of drug-likeness (QED) is 0.639. The third-order valence-corrected chi connectivity index (χ3v) is 3.12. The number of anilines is 1. The summed E-state index contributed by atoms with van der Waals surface area (Å²) < 4.78 is 29.2. The van der Waals surface area contributed by atoms with E-state index in [9.17, 15) is 13.6 Å². The molecule has 2 aromatic rings. The standard InChI is InChI=1S/C17H11ClF2N2O2/c18-13-5-3-6-14(9-13)22-16(23)12(10-21)8-11-4-1-2-7-15(11)24-17(19)20/h1-9,17H,(H,22,23)/b12-8-. The average Bonchev–Trinajstić information content (AvgIpc) is 2.53. The number of halogens is 3. The highest BCUT2D eigenvalue weighted by atomic mass is 35.5. The van der Waals surface area contributed by atoms with Gasteiger partial charge in [0.05, 0.1) is 0 Å². The van der Waals surface area contributed by atoms with Crippen LogP contribution in [0.15, 0.2) is 54.1 Å². The lowest BCUT2D eigenvalue weighted by Crippen LogP contribution is -2.13. The first-order valence-electron chi connectivity index (χ1n) is 6.72. The molecule has 0 aromatic heterocycles. The van der Waals surface area contributed by atoms with E-state index >= 15 is 0 Å². The third-order valence-electron chi connectivity index (χ3n) is 2.88. The van der Waals surface area contributed by atoms with E-state index in [1.807, 2.05) is 0 Å². The minimum Gasteiger partial charge on any atom is -0.434 e. The number of benzene rings is 2. The first-order chi connectivity index (χ1) is 11.5. The Morgan fingerprint density at radius 1 is 1.25 bits per heavy atom. The van der Waals surface area contributed by atoms with Crippen molar-refractivity contribution in [2.45, 2.75) is 6.61 Å². The minimum absolute atomic E-state index is 0.129. The van der Waals surface area contributed by atoms with Crippen LogP contribution < -0.4 is 10.1 Å². The molecule has 0 saturated heterocycles. The molecule has 7 heteroatoms. The van der Waals surface area contributed by atoms with Gasteiger partial charge in [-0.1, -0.05) is 35.9 Å². The topological polar surface area (TPSA) is 62.1 Å². The predicted molar refractivity (Wildman–Crippen MR) is 86.7 cm³/mol. The average molecular weight is 349 g/mol. The molecule has 0 saturated carbocycles. The molecular weight excluding hydrogens is 338 g/mol. The van der Waals surface area contributed by atoms with Gasteiger partial charge < -0.3 is 10.1 Å². The number of para-hydroxylation sites is 1. The maximum Gasteiger partial charge on any atom is 0.387 e. The summed E-state index contributed by atoms with van der Waals surface area (Å²) in [5.41, 5.74) is 0.335. The van der Waals surface area contributed by atoms with Gasteiger partial charge in [-0.15, -0.1) is 0 Å². The lowest BCUT2D eigenvalue weighted by molar-refractivity contribution is -0.112. The number of nitrogens with one attached hydrogen (secondary N) is 1. The van der Waals surface area contributed by atoms with Crippen molar-refractivity contribution in [3.63, 3.8) is 0 Å². The van der Waals surface area contributed by atoms with Crippen LogP contribution in [0.5, 0.6) is 5.75 Å². The lowest BCUT2D eigenvalue weighted by atomic mass is 10.1. The first-order valence-corrected chi connectivity index (χ1v) is 7.10. The molecule has 0 unspecified atom stereocenters. The molecule has 1 amide bonds. The van der Waals surface area contributed by atoms with Gasteiger partial charge in [0.1, 0.15) is 17.4 Å². The van der Waals surface area contributed by atoms with Crippen LogP contribution in [0.2, 0.25) is 5.02 Å². The summed E-state index contributed by atoms with van der Waals surface area (Å²) in [6, 6.07) is 14.0. The van der Waals surface area contributed by atoms with Gasteiger partial charge in [0.25, 0.3) is 5.91 Å². The Labute approximate surface area is 141 Å². The van der Waals surface area contributed by atoms with Crippen LogP contribution >= 0.6 is 11.6 Å². The lowest BCUT2D eigenvalue weighted by Gasteiger charge is -2.08. The molecule has 0 aliphatic carbocycles. The zero-order chi connectivity index (χ0) is 17.5. The molecule has 0 aliphatic heterocycles. The van der Waals surface area contributed by atoms with E-state index in [0.29, 0.717) is 10.7 Å². The Morgan fingerprint density at radius 2 is 2.00 bits per heavy atom. The van der Waals surface area contributed by atoms with Crippen molar-refractivity contribution in [3.8, 4) is 11.8 Å². The highest BCUT2D eigenvalue weighted by molar-refractivity contribution is 6.31. The minimum atomic E-state index is -3.01. The smallest absolute Gasteiger partial charge is 0.387 e. The second kappa shape index (κ2) is 8.09. The molecule has 0 heterocycles. The van der Waals surface area contributed by atoms with Crippen molar-refractivity contribution in [3.05, 3.63) is 64.7 Å². The van der Waals surface area contributed by atoms with Gasteiger partial charge in [-0.2, -0.15) is 14.0 Å². The van der Waals surface area contributed by atoms with E-state index in [-0.39, 0.29) is 16.9 Å². The number of ether oxygens (including phenoxy) is 1. The Morgan fingerprint density at radius 3 is 2.67 bits per heavy atom. The van der Waals surface area contributed by atoms with E-state index in [1.165, 1.54) is 30.3 Å². The zero-order valence-electron chi connectivity index (χ0n) is 12.2. The third kappa shape index (κ3) is 4.80. The van der Waals surface area contributed by atoms with Crippen LogP contribution in [0, 0.1) is 11.3 Å². The molecular formula is C17H11ClF2N2O2. The van der Waals surface area contributed by atoms with E-state index in [0.717, 1.165) is 0 Å². The number of alkyl halides is 2. The maximum atomic E-state index is 12.4. The molecule has 0 spiro atoms. The van der Waals surface area contributed by atoms with Crippen LogP contribution in [0.3, 0.4) is 0 Å². The molecule has 2 aromatic carbocycles. The van der Waals surface area contributed by atoms with E-state index in [4.69, 9.17) is 16.9 Å². The summed E-state index contributed by atoms with van der Waals surface area (Å²) in [5.74, 6) is -0.817. The van der Waals surface area contributed by atoms with E-state index < -0.39 is 12.5 Å². The van der Waals surface area contributed by atoms with Gasteiger partial charge in [0.15, 0.2) is 0 Å². The Balaban J connectivity index is 2.26. The number of nitriles is 1. The highest BCUT2D eigenvalue weighted by Gasteiger charge is 2.13. The van der Waals surface area contributed by atoms with Crippen LogP contribution in [0.4, 0.5) is 14.5 Å². The largest absolute Gasteiger partial charge is 0.434 e. The number of amides is 1. The molecule has 0 aliphatic rings. The first kappa shape index (κ1) is 17.4. The second-order valence-electron chi connectivity index (χ2n) is 4.55. The number of hydrogen-bond acceptors (Lipinski definition) is 3. The predicted octanol–water partition coefficient (Wildman–Crippen LogP) is 4.49. The van der Waals surface area contributed by atoms with E-state index in [2.05, 4.69) is 10.1 Å². The molecule has 0 fully saturated rings. The molecule has 0 atom stereocenters. The summed E-state index contributed by atoms with van der Waals surface area (Å²) in [4.78, 5) is 12.2. The Kier molecular flexibility index (Phi) is 5.88. The summed E-state index contributed by atoms with van der Waals surface area (Å²) in [7, 11) is 0. The summed E-state index contributed by atoms with van der Waals surface area (Å²) in [5, 5.41) is 12.1. The van der Waals surface area contributed by atoms with Gasteiger partial charge in [-0.3, -0.25) is 4.79 Å². The van der Waals surface area contributed by atoms with Crippen molar-refractivity contribution >= 4 is 29.3 Å². The number of hydrogen-bond donors (Lipinski definition) is 1. The molecule has 1 N–H and O–H groups in total. The summed E-state index contributed by atoms with van der Waals surface area (Å²) >= 11 is 5.82. The number of nitrogens with zero attached hydrogens (tertiary/aromatic N) is 1. The zero-order valence-corrected chi connectivity index (χ0v) is 12.9. The van der Waals surface area contributed by atoms with Crippen LogP contribution in [-0.2, 0) is 4.79 Å². The van der Waals surface area contributed by atoms with Crippen molar-refractivity contribution in [1.82, 2.24) is 0 Å². The van der Waals surface area contributed by atoms with Crippen molar-refractivity contribution in [2.24, 2.45) is 0 Å². The monoisotopic (exact) mass is 348 g/mol. The van der Waals surface area contributed by atoms with Crippen LogP contribution in [-0.4, -0.2) is 12.5 Å². The number of carbonyl (C=O) groups excluding carboxylic acids is 1. The second-order valence-corrected chi connectivity index (χ2v) is 4.99. The number of rotatable bonds is 5. The Bertz CT molecular complexity index is 816. The van der Waals surface area contributed by atoms with Crippen LogP contribution in [0.25, 0.3) is 6.08 Å².